The van der Waals surface area contributed by atoms with Crippen molar-refractivity contribution in [3.63, 3.8) is 0 Å². The number of benzene rings is 8. The Balaban J connectivity index is 1.09. The van der Waals surface area contributed by atoms with E-state index in [1.54, 1.807) is 12.1 Å². The molecule has 300 valence electrons. The molecule has 10 rings (SSSR count). The van der Waals surface area contributed by atoms with Gasteiger partial charge in [-0.25, -0.2) is 0 Å². The van der Waals surface area contributed by atoms with Crippen LogP contribution in [0.5, 0.6) is 0 Å². The summed E-state index contributed by atoms with van der Waals surface area (Å²) in [4.78, 5) is 61.4. The van der Waals surface area contributed by atoms with Crippen LogP contribution in [0.3, 0.4) is 0 Å². The second-order valence-electron chi connectivity index (χ2n) is 16.0. The summed E-state index contributed by atoms with van der Waals surface area (Å²) < 4.78 is 0. The van der Waals surface area contributed by atoms with Crippen molar-refractivity contribution in [1.82, 2.24) is 9.80 Å². The molecule has 0 aliphatic carbocycles. The molecule has 0 bridgehead atoms. The molecule has 62 heavy (non-hydrogen) atoms. The maximum Gasteiger partial charge on any atom is 0.261 e. The number of hydrogen-bond donors (Lipinski definition) is 0. The number of imide groups is 2. The van der Waals surface area contributed by atoms with Gasteiger partial charge in [-0.2, -0.15) is 0 Å². The maximum atomic E-state index is 14.3. The third-order valence-electron chi connectivity index (χ3n) is 12.3. The van der Waals surface area contributed by atoms with E-state index in [0.717, 1.165) is 50.8 Å². The van der Waals surface area contributed by atoms with Crippen LogP contribution >= 0.6 is 0 Å². The van der Waals surface area contributed by atoms with E-state index in [9.17, 15) is 19.2 Å². The van der Waals surface area contributed by atoms with Gasteiger partial charge in [0, 0.05) is 53.1 Å². The maximum absolute atomic E-state index is 14.3. The first-order valence-electron chi connectivity index (χ1n) is 20.8. The van der Waals surface area contributed by atoms with Crippen molar-refractivity contribution in [2.24, 2.45) is 0 Å². The second-order valence-corrected chi connectivity index (χ2v) is 16.0. The number of carbonyl (C=O) groups excluding carboxylic acids is 4. The zero-order valence-corrected chi connectivity index (χ0v) is 34.3. The summed E-state index contributed by atoms with van der Waals surface area (Å²) in [6.45, 7) is 0. The average molecular weight is 808 g/mol. The molecule has 2 aliphatic heterocycles. The van der Waals surface area contributed by atoms with E-state index in [4.69, 9.17) is 0 Å². The van der Waals surface area contributed by atoms with Crippen LogP contribution in [0, 0.1) is 0 Å². The van der Waals surface area contributed by atoms with Crippen molar-refractivity contribution in [3.05, 3.63) is 221 Å². The predicted octanol–water partition coefficient (Wildman–Crippen LogP) is 11.7. The Bertz CT molecular complexity index is 3000. The molecule has 2 aliphatic rings. The Labute approximate surface area is 360 Å². The molecule has 8 aromatic rings. The van der Waals surface area contributed by atoms with Gasteiger partial charge in [0.1, 0.15) is 0 Å². The van der Waals surface area contributed by atoms with Crippen molar-refractivity contribution < 1.29 is 19.2 Å². The van der Waals surface area contributed by atoms with E-state index < -0.39 is 23.6 Å². The van der Waals surface area contributed by atoms with Gasteiger partial charge in [-0.1, -0.05) is 133 Å². The second kappa shape index (κ2) is 15.6. The number of nitrogens with zero attached hydrogens (tertiary/aromatic N) is 3. The first-order chi connectivity index (χ1) is 30.3. The minimum absolute atomic E-state index is 0.237. The number of hydrogen-bond acceptors (Lipinski definition) is 5. The van der Waals surface area contributed by atoms with Gasteiger partial charge in [0.25, 0.3) is 23.6 Å². The Morgan fingerprint density at radius 2 is 0.774 bits per heavy atom. The lowest BCUT2D eigenvalue weighted by Crippen LogP contribution is -2.41. The van der Waals surface area contributed by atoms with Gasteiger partial charge in [0.05, 0.1) is 11.1 Å². The lowest BCUT2D eigenvalue weighted by atomic mass is 9.79. The van der Waals surface area contributed by atoms with Gasteiger partial charge in [-0.3, -0.25) is 29.0 Å². The van der Waals surface area contributed by atoms with Gasteiger partial charge in [0.2, 0.25) is 0 Å². The molecule has 0 saturated heterocycles. The number of amides is 4. The Morgan fingerprint density at radius 1 is 0.403 bits per heavy atom. The van der Waals surface area contributed by atoms with Gasteiger partial charge in [-0.15, -0.1) is 0 Å². The van der Waals surface area contributed by atoms with Crippen molar-refractivity contribution in [1.29, 1.82) is 0 Å². The fraction of sp³-hybridized carbons (Fsp3) is 0.0909. The number of rotatable bonds is 10. The van der Waals surface area contributed by atoms with Crippen LogP contribution in [0.15, 0.2) is 182 Å². The minimum Gasteiger partial charge on any atom is -0.311 e. The molecule has 4 amide bonds. The molecular formula is C55H41N3O4. The predicted molar refractivity (Wildman–Crippen MR) is 245 cm³/mol. The highest BCUT2D eigenvalue weighted by Crippen LogP contribution is 2.46. The number of anilines is 3. The molecule has 1 atom stereocenters. The lowest BCUT2D eigenvalue weighted by molar-refractivity contribution is 0.0630. The van der Waals surface area contributed by atoms with Crippen LogP contribution < -0.4 is 4.90 Å². The highest BCUT2D eigenvalue weighted by Gasteiger charge is 2.41. The monoisotopic (exact) mass is 807 g/mol. The summed E-state index contributed by atoms with van der Waals surface area (Å²) in [7, 11) is 2.96. The summed E-state index contributed by atoms with van der Waals surface area (Å²) in [5.41, 5.74) is 10.1. The Kier molecular flexibility index (Phi) is 9.64. The fourth-order valence-corrected chi connectivity index (χ4v) is 9.18. The molecule has 8 aromatic carbocycles. The molecule has 0 saturated carbocycles. The van der Waals surface area contributed by atoms with Crippen LogP contribution in [0.4, 0.5) is 17.1 Å². The first-order valence-corrected chi connectivity index (χ1v) is 20.8. The van der Waals surface area contributed by atoms with Gasteiger partial charge < -0.3 is 4.90 Å². The number of carbonyl (C=O) groups is 4. The molecule has 0 aromatic heterocycles. The van der Waals surface area contributed by atoms with E-state index in [-0.39, 0.29) is 22.6 Å². The van der Waals surface area contributed by atoms with Crippen LogP contribution in [0.25, 0.3) is 33.0 Å². The molecule has 0 N–H and O–H groups in total. The third kappa shape index (κ3) is 6.55. The summed E-state index contributed by atoms with van der Waals surface area (Å²) >= 11 is 0. The van der Waals surface area contributed by atoms with Crippen LogP contribution in [-0.2, 0) is 12.8 Å². The number of para-hydroxylation sites is 2. The summed E-state index contributed by atoms with van der Waals surface area (Å²) in [5, 5.41) is 0.674. The topological polar surface area (TPSA) is 78.0 Å². The SMILES string of the molecule is CN1C(=O)c2cc(-c3ccc(N(c4ccccc4)c4ccccc4)cc3)c3c4c(cc(-c5ccc(C[C@@H](Cc6ccccc6)c6ccccc6)cc5)c(c24)C1=O)C(=O)N(C)C3=O. The van der Waals surface area contributed by atoms with Crippen LogP contribution in [0.2, 0.25) is 0 Å². The van der Waals surface area contributed by atoms with E-state index in [1.165, 1.54) is 25.2 Å². The molecule has 0 fully saturated rings. The van der Waals surface area contributed by atoms with E-state index in [2.05, 4.69) is 65.6 Å². The summed E-state index contributed by atoms with van der Waals surface area (Å²) in [6.07, 6.45) is 1.68. The quantitative estimate of drug-likeness (QED) is 0.129. The summed E-state index contributed by atoms with van der Waals surface area (Å²) in [5.74, 6) is -1.72. The molecule has 7 heteroatoms. The summed E-state index contributed by atoms with van der Waals surface area (Å²) in [6, 6.07) is 60.6. The molecule has 0 unspecified atom stereocenters. The zero-order valence-electron chi connectivity index (χ0n) is 34.3. The highest BCUT2D eigenvalue weighted by atomic mass is 16.2. The molecule has 0 radical (unpaired) electrons. The standard InChI is InChI=1S/C55H41N3O4/c1-56-53(60)47-34-45(39-27-29-43(30-28-39)58(41-19-11-5-12-20-41)42-21-13-6-14-22-42)51-49-46(52(59)57(2)55(51)62)33-44(50(48(47)49)54(56)61)38-25-23-36(24-26-38)32-40(37-17-9-4-10-18-37)31-35-15-7-3-8-16-35/h3-30,33-34,40H,31-32H2,1-2H3/t40-/m1/s1. The van der Waals surface area contributed by atoms with Gasteiger partial charge in [0.15, 0.2) is 0 Å². The van der Waals surface area contributed by atoms with Gasteiger partial charge >= 0.3 is 0 Å². The normalized spacial score (nSPS) is 13.8. The Hall–Kier alpha value is -7.90. The fourth-order valence-electron chi connectivity index (χ4n) is 9.18. The molecule has 0 spiro atoms. The average Bonchev–Trinajstić information content (AvgIpc) is 3.32. The third-order valence-corrected chi connectivity index (χ3v) is 12.3. The largest absolute Gasteiger partial charge is 0.311 e. The van der Waals surface area contributed by atoms with Crippen molar-refractivity contribution in [2.75, 3.05) is 19.0 Å². The van der Waals surface area contributed by atoms with Crippen molar-refractivity contribution >= 4 is 51.5 Å². The molecule has 2 heterocycles. The smallest absolute Gasteiger partial charge is 0.261 e. The minimum atomic E-state index is -0.492. The Morgan fingerprint density at radius 3 is 1.23 bits per heavy atom. The zero-order chi connectivity index (χ0) is 42.5. The van der Waals surface area contributed by atoms with Gasteiger partial charge in [-0.05, 0) is 106 Å². The lowest BCUT2D eigenvalue weighted by Gasteiger charge is -2.32. The molecular weight excluding hydrogens is 767 g/mol. The highest BCUT2D eigenvalue weighted by molar-refractivity contribution is 6.36. The van der Waals surface area contributed by atoms with Crippen molar-refractivity contribution in [3.8, 4) is 22.3 Å². The first kappa shape index (κ1) is 38.3. The molecule has 7 nitrogen and oxygen atoms in total. The van der Waals surface area contributed by atoms with Crippen LogP contribution in [0.1, 0.15) is 64.0 Å². The van der Waals surface area contributed by atoms with E-state index in [0.29, 0.717) is 33.0 Å². The van der Waals surface area contributed by atoms with Crippen molar-refractivity contribution in [2.45, 2.75) is 18.8 Å². The van der Waals surface area contributed by atoms with Crippen LogP contribution in [-0.4, -0.2) is 47.5 Å². The van der Waals surface area contributed by atoms with E-state index in [1.807, 2.05) is 109 Å². The van der Waals surface area contributed by atoms with E-state index >= 15 is 0 Å².